The molecule has 0 fully saturated rings. The zero-order valence-corrected chi connectivity index (χ0v) is 9.05. The first-order valence-electron chi connectivity index (χ1n) is 4.29. The van der Waals surface area contributed by atoms with Crippen LogP contribution in [-0.4, -0.2) is 22.7 Å². The Balaban J connectivity index is 2.61. The van der Waals surface area contributed by atoms with Crippen molar-refractivity contribution in [2.24, 2.45) is 0 Å². The van der Waals surface area contributed by atoms with Gasteiger partial charge in [0, 0.05) is 12.4 Å². The number of imidazole rings is 1. The smallest absolute Gasteiger partial charge is 0.137 e. The van der Waals surface area contributed by atoms with Crippen LogP contribution < -0.4 is 5.30 Å². The Labute approximate surface area is 79.4 Å². The van der Waals surface area contributed by atoms with Crippen LogP contribution in [0.4, 0.5) is 0 Å². The standard InChI is InChI=1S/C10H13N2P/c1-8-7-12-5-4-9(13(2)3)6-10(12)11-8/h4-7H,1-3H3. The van der Waals surface area contributed by atoms with Crippen LogP contribution in [-0.2, 0) is 0 Å². The van der Waals surface area contributed by atoms with Crippen LogP contribution >= 0.6 is 7.92 Å². The van der Waals surface area contributed by atoms with Gasteiger partial charge in [-0.15, -0.1) is 0 Å². The van der Waals surface area contributed by atoms with Crippen molar-refractivity contribution in [3.8, 4) is 0 Å². The minimum atomic E-state index is -0.0129. The molecule has 0 bridgehead atoms. The van der Waals surface area contributed by atoms with Crippen LogP contribution in [0.5, 0.6) is 0 Å². The molecule has 0 aliphatic rings. The van der Waals surface area contributed by atoms with Gasteiger partial charge in [-0.3, -0.25) is 0 Å². The number of hydrogen-bond acceptors (Lipinski definition) is 1. The number of aryl methyl sites for hydroxylation is 1. The highest BCUT2D eigenvalue weighted by atomic mass is 31.1. The first kappa shape index (κ1) is 8.71. The van der Waals surface area contributed by atoms with Gasteiger partial charge in [-0.25, -0.2) is 4.98 Å². The predicted octanol–water partition coefficient (Wildman–Crippen LogP) is 2.01. The average molecular weight is 192 g/mol. The van der Waals surface area contributed by atoms with E-state index in [1.807, 2.05) is 13.1 Å². The summed E-state index contributed by atoms with van der Waals surface area (Å²) in [6.45, 7) is 6.54. The van der Waals surface area contributed by atoms with E-state index in [0.717, 1.165) is 11.3 Å². The number of rotatable bonds is 1. The number of aromatic nitrogens is 2. The van der Waals surface area contributed by atoms with Gasteiger partial charge in [-0.1, -0.05) is 7.92 Å². The van der Waals surface area contributed by atoms with Crippen molar-refractivity contribution in [2.45, 2.75) is 6.92 Å². The monoisotopic (exact) mass is 192 g/mol. The highest BCUT2D eigenvalue weighted by molar-refractivity contribution is 7.64. The number of hydrogen-bond donors (Lipinski definition) is 0. The van der Waals surface area contributed by atoms with Crippen LogP contribution in [0.15, 0.2) is 24.5 Å². The van der Waals surface area contributed by atoms with Gasteiger partial charge in [0.05, 0.1) is 5.69 Å². The predicted molar refractivity (Wildman–Crippen MR) is 58.3 cm³/mol. The van der Waals surface area contributed by atoms with Gasteiger partial charge in [0.15, 0.2) is 0 Å². The zero-order valence-electron chi connectivity index (χ0n) is 8.15. The fourth-order valence-electron chi connectivity index (χ4n) is 1.38. The number of nitrogens with zero attached hydrogens (tertiary/aromatic N) is 2. The molecule has 2 aromatic heterocycles. The fraction of sp³-hybridized carbons (Fsp3) is 0.300. The molecule has 2 heterocycles. The van der Waals surface area contributed by atoms with Crippen LogP contribution in [0.3, 0.4) is 0 Å². The summed E-state index contributed by atoms with van der Waals surface area (Å²) < 4.78 is 2.07. The molecule has 0 atom stereocenters. The molecule has 2 nitrogen and oxygen atoms in total. The van der Waals surface area contributed by atoms with Gasteiger partial charge >= 0.3 is 0 Å². The van der Waals surface area contributed by atoms with E-state index in [2.05, 4.69) is 41.0 Å². The Morgan fingerprint density at radius 3 is 2.85 bits per heavy atom. The lowest BCUT2D eigenvalue weighted by molar-refractivity contribution is 1.19. The highest BCUT2D eigenvalue weighted by Crippen LogP contribution is 2.23. The second-order valence-electron chi connectivity index (χ2n) is 3.43. The minimum absolute atomic E-state index is 0.0129. The van der Waals surface area contributed by atoms with Crippen LogP contribution in [0.1, 0.15) is 5.69 Å². The summed E-state index contributed by atoms with van der Waals surface area (Å²) in [5.74, 6) is 0. The Hall–Kier alpha value is -0.880. The molecule has 0 saturated carbocycles. The van der Waals surface area contributed by atoms with E-state index in [1.165, 1.54) is 5.30 Å². The van der Waals surface area contributed by atoms with Gasteiger partial charge in [-0.2, -0.15) is 0 Å². The fourth-order valence-corrected chi connectivity index (χ4v) is 2.11. The van der Waals surface area contributed by atoms with Crippen molar-refractivity contribution >= 4 is 18.9 Å². The summed E-state index contributed by atoms with van der Waals surface area (Å²) in [4.78, 5) is 4.43. The van der Waals surface area contributed by atoms with Crippen LogP contribution in [0.2, 0.25) is 0 Å². The topological polar surface area (TPSA) is 17.3 Å². The quantitative estimate of drug-likeness (QED) is 0.632. The Kier molecular flexibility index (Phi) is 2.09. The molecule has 3 heteroatoms. The summed E-state index contributed by atoms with van der Waals surface area (Å²) in [7, 11) is -0.0129. The molecule has 13 heavy (non-hydrogen) atoms. The maximum atomic E-state index is 4.43. The highest BCUT2D eigenvalue weighted by Gasteiger charge is 2.01. The summed E-state index contributed by atoms with van der Waals surface area (Å²) in [5, 5.41) is 1.41. The molecule has 0 saturated heterocycles. The lowest BCUT2D eigenvalue weighted by Gasteiger charge is -2.04. The molecular formula is C10H13N2P. The summed E-state index contributed by atoms with van der Waals surface area (Å²) >= 11 is 0. The summed E-state index contributed by atoms with van der Waals surface area (Å²) in [5.41, 5.74) is 2.14. The van der Waals surface area contributed by atoms with Crippen molar-refractivity contribution in [3.63, 3.8) is 0 Å². The van der Waals surface area contributed by atoms with Gasteiger partial charge in [-0.05, 0) is 37.7 Å². The molecule has 0 aliphatic heterocycles. The average Bonchev–Trinajstić information content (AvgIpc) is 2.42. The molecule has 2 aromatic rings. The second kappa shape index (κ2) is 3.12. The van der Waals surface area contributed by atoms with E-state index in [1.54, 1.807) is 0 Å². The van der Waals surface area contributed by atoms with Crippen LogP contribution in [0.25, 0.3) is 5.65 Å². The molecule has 68 valence electrons. The minimum Gasteiger partial charge on any atom is -0.307 e. The summed E-state index contributed by atoms with van der Waals surface area (Å²) in [6, 6.07) is 4.36. The molecule has 0 aromatic carbocycles. The van der Waals surface area contributed by atoms with E-state index >= 15 is 0 Å². The van der Waals surface area contributed by atoms with E-state index < -0.39 is 0 Å². The normalized spacial score (nSPS) is 11.4. The number of fused-ring (bicyclic) bond motifs is 1. The second-order valence-corrected chi connectivity index (χ2v) is 5.73. The molecular weight excluding hydrogens is 179 g/mol. The SMILES string of the molecule is Cc1cn2ccc(P(C)C)cc2n1. The van der Waals surface area contributed by atoms with E-state index in [-0.39, 0.29) is 7.92 Å². The van der Waals surface area contributed by atoms with Crippen LogP contribution in [0, 0.1) is 6.92 Å². The largest absolute Gasteiger partial charge is 0.307 e. The first-order valence-corrected chi connectivity index (χ1v) is 6.53. The Morgan fingerprint density at radius 1 is 1.38 bits per heavy atom. The number of pyridine rings is 1. The van der Waals surface area contributed by atoms with Gasteiger partial charge in [0.2, 0.25) is 0 Å². The molecule has 0 unspecified atom stereocenters. The first-order chi connectivity index (χ1) is 6.16. The van der Waals surface area contributed by atoms with Crippen molar-refractivity contribution < 1.29 is 0 Å². The Bertz CT molecular complexity index is 431. The lowest BCUT2D eigenvalue weighted by Crippen LogP contribution is -2.00. The van der Waals surface area contributed by atoms with E-state index in [0.29, 0.717) is 0 Å². The maximum Gasteiger partial charge on any atom is 0.137 e. The lowest BCUT2D eigenvalue weighted by atomic mass is 10.5. The molecule has 0 radical (unpaired) electrons. The maximum absolute atomic E-state index is 4.43. The Morgan fingerprint density at radius 2 is 2.15 bits per heavy atom. The van der Waals surface area contributed by atoms with Crippen molar-refractivity contribution in [1.82, 2.24) is 9.38 Å². The molecule has 0 spiro atoms. The van der Waals surface area contributed by atoms with Gasteiger partial charge in [0.1, 0.15) is 5.65 Å². The van der Waals surface area contributed by atoms with E-state index in [4.69, 9.17) is 0 Å². The van der Waals surface area contributed by atoms with Crippen molar-refractivity contribution in [3.05, 3.63) is 30.2 Å². The van der Waals surface area contributed by atoms with E-state index in [9.17, 15) is 0 Å². The summed E-state index contributed by atoms with van der Waals surface area (Å²) in [6.07, 6.45) is 4.14. The molecule has 0 amide bonds. The third-order valence-electron chi connectivity index (χ3n) is 2.08. The third kappa shape index (κ3) is 1.59. The molecule has 2 rings (SSSR count). The molecule has 0 N–H and O–H groups in total. The zero-order chi connectivity index (χ0) is 9.42. The third-order valence-corrected chi connectivity index (χ3v) is 3.39. The molecule has 0 aliphatic carbocycles. The van der Waals surface area contributed by atoms with Crippen molar-refractivity contribution in [2.75, 3.05) is 13.3 Å². The van der Waals surface area contributed by atoms with Gasteiger partial charge in [0.25, 0.3) is 0 Å². The van der Waals surface area contributed by atoms with Gasteiger partial charge < -0.3 is 4.40 Å². The van der Waals surface area contributed by atoms with Crippen molar-refractivity contribution in [1.29, 1.82) is 0 Å².